The molecule has 5 heteroatoms. The van der Waals surface area contributed by atoms with Crippen LogP contribution in [-0.2, 0) is 20.2 Å². The van der Waals surface area contributed by atoms with Gasteiger partial charge in [-0.1, -0.05) is 6.42 Å². The van der Waals surface area contributed by atoms with Crippen LogP contribution in [0.3, 0.4) is 0 Å². The van der Waals surface area contributed by atoms with Crippen LogP contribution >= 0.6 is 0 Å². The molecule has 0 aromatic rings. The van der Waals surface area contributed by atoms with Gasteiger partial charge in [-0.3, -0.25) is 0 Å². The quantitative estimate of drug-likeness (QED) is 0.626. The van der Waals surface area contributed by atoms with Crippen molar-refractivity contribution in [1.29, 1.82) is 0 Å². The summed E-state index contributed by atoms with van der Waals surface area (Å²) in [6.07, 6.45) is 8.55. The molecular weight excluding hydrogens is 252 g/mol. The van der Waals surface area contributed by atoms with Crippen LogP contribution in [-0.4, -0.2) is 32.2 Å². The molecule has 104 valence electrons. The summed E-state index contributed by atoms with van der Waals surface area (Å²) in [5.74, 6) is 0.163. The van der Waals surface area contributed by atoms with Crippen molar-refractivity contribution in [3.8, 4) is 0 Å². The Bertz CT molecular complexity index is 337. The van der Waals surface area contributed by atoms with Gasteiger partial charge in [0.1, 0.15) is 17.0 Å². The number of carbonyl (C=O) groups excluding carboxylic acids is 1. The molecule has 18 heavy (non-hydrogen) atoms. The lowest BCUT2D eigenvalue weighted by atomic mass is 9.87. The summed E-state index contributed by atoms with van der Waals surface area (Å²) < 4.78 is 27.8. The van der Waals surface area contributed by atoms with Crippen molar-refractivity contribution in [3.63, 3.8) is 0 Å². The van der Waals surface area contributed by atoms with Crippen molar-refractivity contribution in [1.82, 2.24) is 0 Å². The van der Waals surface area contributed by atoms with E-state index in [1.54, 1.807) is 0 Å². The summed E-state index contributed by atoms with van der Waals surface area (Å²) in [6.45, 7) is 0. The normalized spacial score (nSPS) is 37.6. The molecule has 0 radical (unpaired) electrons. The van der Waals surface area contributed by atoms with E-state index in [9.17, 15) is 13.2 Å². The fraction of sp³-hybridized carbons (Fsp3) is 0.923. The molecule has 0 bridgehead atoms. The molecule has 2 saturated carbocycles. The van der Waals surface area contributed by atoms with Crippen molar-refractivity contribution in [2.75, 3.05) is 0 Å². The van der Waals surface area contributed by atoms with Gasteiger partial charge >= 0.3 is 0 Å². The topological polar surface area (TPSA) is 60.4 Å². The molecule has 0 spiro atoms. The zero-order valence-corrected chi connectivity index (χ0v) is 11.5. The average Bonchev–Trinajstić information content (AvgIpc) is 2.39. The molecule has 0 saturated heterocycles. The van der Waals surface area contributed by atoms with E-state index in [2.05, 4.69) is 0 Å². The first kappa shape index (κ1) is 14.0. The van der Waals surface area contributed by atoms with E-state index in [1.807, 2.05) is 0 Å². The molecule has 4 nitrogen and oxygen atoms in total. The summed E-state index contributed by atoms with van der Waals surface area (Å²) in [4.78, 5) is 10.8. The largest absolute Gasteiger partial charge is 0.375 e. The Hall–Kier alpha value is -0.420. The number of hydrogen-bond donors (Lipinski definition) is 1. The Labute approximate surface area is 110 Å². The standard InChI is InChI=1S/C13H22O4S/c14-9-10-2-1-3-12(8-10)17-11-4-6-13(7-5-11)18(15)16/h9-13,18H,1-8H2. The van der Waals surface area contributed by atoms with Crippen LogP contribution in [0.15, 0.2) is 0 Å². The lowest BCUT2D eigenvalue weighted by molar-refractivity contribution is -0.115. The van der Waals surface area contributed by atoms with Gasteiger partial charge in [0.15, 0.2) is 0 Å². The van der Waals surface area contributed by atoms with Crippen LogP contribution in [0, 0.1) is 5.92 Å². The molecule has 0 heterocycles. The van der Waals surface area contributed by atoms with Crippen molar-refractivity contribution in [2.24, 2.45) is 5.92 Å². The number of thiol groups is 1. The second-order valence-corrected chi connectivity index (χ2v) is 6.84. The van der Waals surface area contributed by atoms with Gasteiger partial charge in [-0.05, 0) is 44.9 Å². The summed E-state index contributed by atoms with van der Waals surface area (Å²) in [6, 6.07) is 0. The lowest BCUT2D eigenvalue weighted by Gasteiger charge is -2.32. The predicted molar refractivity (Wildman–Crippen MR) is 69.3 cm³/mol. The molecule has 2 aliphatic carbocycles. The Balaban J connectivity index is 1.75. The fourth-order valence-electron chi connectivity index (χ4n) is 3.09. The van der Waals surface area contributed by atoms with Gasteiger partial charge in [-0.2, -0.15) is 0 Å². The van der Waals surface area contributed by atoms with Crippen molar-refractivity contribution >= 4 is 17.0 Å². The highest BCUT2D eigenvalue weighted by atomic mass is 32.2. The summed E-state index contributed by atoms with van der Waals surface area (Å²) in [5.41, 5.74) is 0. The maximum atomic E-state index is 10.9. The van der Waals surface area contributed by atoms with Crippen LogP contribution in [0.2, 0.25) is 0 Å². The van der Waals surface area contributed by atoms with Gasteiger partial charge in [0, 0.05) is 5.92 Å². The van der Waals surface area contributed by atoms with Crippen LogP contribution in [0.1, 0.15) is 51.4 Å². The first-order valence-electron chi connectivity index (χ1n) is 6.93. The molecule has 2 fully saturated rings. The highest BCUT2D eigenvalue weighted by Gasteiger charge is 2.28. The number of rotatable bonds is 4. The molecule has 2 unspecified atom stereocenters. The molecule has 2 aliphatic rings. The van der Waals surface area contributed by atoms with E-state index >= 15 is 0 Å². The SMILES string of the molecule is O=CC1CCCC(OC2CCC([SH](=O)=O)CC2)C1. The predicted octanol–water partition coefficient (Wildman–Crippen LogP) is 1.68. The monoisotopic (exact) mass is 274 g/mol. The fourth-order valence-corrected chi connectivity index (χ4v) is 3.81. The van der Waals surface area contributed by atoms with Crippen LogP contribution in [0.25, 0.3) is 0 Å². The van der Waals surface area contributed by atoms with Crippen molar-refractivity contribution < 1.29 is 17.9 Å². The molecule has 2 rings (SSSR count). The molecule has 2 atom stereocenters. The van der Waals surface area contributed by atoms with E-state index in [4.69, 9.17) is 4.74 Å². The third kappa shape index (κ3) is 3.79. The highest BCUT2D eigenvalue weighted by molar-refractivity contribution is 7.73. The Morgan fingerprint density at radius 1 is 0.944 bits per heavy atom. The first-order chi connectivity index (χ1) is 8.69. The minimum Gasteiger partial charge on any atom is -0.375 e. The Kier molecular flexibility index (Phi) is 5.18. The van der Waals surface area contributed by atoms with Gasteiger partial charge < -0.3 is 9.53 Å². The van der Waals surface area contributed by atoms with Crippen LogP contribution < -0.4 is 0 Å². The molecule has 0 amide bonds. The average molecular weight is 274 g/mol. The molecule has 0 aromatic carbocycles. The molecule has 0 aliphatic heterocycles. The summed E-state index contributed by atoms with van der Waals surface area (Å²) in [5, 5.41) is -0.145. The summed E-state index contributed by atoms with van der Waals surface area (Å²) >= 11 is 0. The van der Waals surface area contributed by atoms with Gasteiger partial charge in [-0.15, -0.1) is 0 Å². The second kappa shape index (κ2) is 6.66. The zero-order chi connectivity index (χ0) is 13.0. The van der Waals surface area contributed by atoms with Crippen LogP contribution in [0.4, 0.5) is 0 Å². The Morgan fingerprint density at radius 2 is 1.67 bits per heavy atom. The van der Waals surface area contributed by atoms with E-state index < -0.39 is 10.7 Å². The van der Waals surface area contributed by atoms with Gasteiger partial charge in [-0.25, -0.2) is 8.42 Å². The highest BCUT2D eigenvalue weighted by Crippen LogP contribution is 2.30. The zero-order valence-electron chi connectivity index (χ0n) is 10.6. The molecular formula is C13H22O4S. The Morgan fingerprint density at radius 3 is 2.28 bits per heavy atom. The number of aldehydes is 1. The number of hydrogen-bond acceptors (Lipinski definition) is 4. The van der Waals surface area contributed by atoms with E-state index in [0.29, 0.717) is 0 Å². The van der Waals surface area contributed by atoms with Crippen molar-refractivity contribution in [3.05, 3.63) is 0 Å². The smallest absolute Gasteiger partial charge is 0.143 e. The van der Waals surface area contributed by atoms with Gasteiger partial charge in [0.2, 0.25) is 0 Å². The number of carbonyl (C=O) groups is 1. The van der Waals surface area contributed by atoms with Crippen molar-refractivity contribution in [2.45, 2.75) is 68.8 Å². The third-order valence-corrected chi connectivity index (χ3v) is 5.30. The minimum atomic E-state index is -2.27. The van der Waals surface area contributed by atoms with Gasteiger partial charge in [0.25, 0.3) is 0 Å². The van der Waals surface area contributed by atoms with Crippen LogP contribution in [0.5, 0.6) is 0 Å². The minimum absolute atomic E-state index is 0.145. The summed E-state index contributed by atoms with van der Waals surface area (Å²) in [7, 11) is -2.27. The maximum absolute atomic E-state index is 10.9. The maximum Gasteiger partial charge on any atom is 0.143 e. The first-order valence-corrected chi connectivity index (χ1v) is 8.18. The van der Waals surface area contributed by atoms with E-state index in [-0.39, 0.29) is 23.4 Å². The van der Waals surface area contributed by atoms with E-state index in [1.165, 1.54) is 0 Å². The van der Waals surface area contributed by atoms with Gasteiger partial charge in [0.05, 0.1) is 17.5 Å². The molecule has 0 aromatic heterocycles. The number of ether oxygens (including phenoxy) is 1. The second-order valence-electron chi connectivity index (χ2n) is 5.54. The molecule has 0 N–H and O–H groups in total. The third-order valence-electron chi connectivity index (χ3n) is 4.19. The van der Waals surface area contributed by atoms with E-state index in [0.717, 1.165) is 57.7 Å². The lowest BCUT2D eigenvalue weighted by Crippen LogP contribution is -2.32.